The van der Waals surface area contributed by atoms with Crippen molar-refractivity contribution in [3.05, 3.63) is 35.1 Å². The van der Waals surface area contributed by atoms with E-state index < -0.39 is 11.8 Å². The summed E-state index contributed by atoms with van der Waals surface area (Å²) in [5.74, 6) is -0.671. The Bertz CT molecular complexity index is 355. The van der Waals surface area contributed by atoms with Gasteiger partial charge in [0.1, 0.15) is 5.82 Å². The lowest BCUT2D eigenvalue weighted by atomic mass is 10.1. The van der Waals surface area contributed by atoms with Gasteiger partial charge in [0.25, 0.3) is 0 Å². The number of halogens is 1. The van der Waals surface area contributed by atoms with Crippen LogP contribution < -0.4 is 0 Å². The summed E-state index contributed by atoms with van der Waals surface area (Å²) in [5.41, 5.74) is 0.404. The first-order valence-corrected chi connectivity index (χ1v) is 5.51. The van der Waals surface area contributed by atoms with E-state index in [1.165, 1.54) is 23.9 Å². The number of aliphatic hydroxyl groups is 1. The van der Waals surface area contributed by atoms with Crippen LogP contribution in [-0.2, 0) is 5.75 Å². The molecule has 1 aromatic rings. The van der Waals surface area contributed by atoms with Crippen molar-refractivity contribution >= 4 is 17.7 Å². The van der Waals surface area contributed by atoms with Gasteiger partial charge in [0.05, 0.1) is 12.2 Å². The van der Waals surface area contributed by atoms with Gasteiger partial charge >= 0.3 is 5.97 Å². The fourth-order valence-corrected chi connectivity index (χ4v) is 1.77. The van der Waals surface area contributed by atoms with E-state index in [-0.39, 0.29) is 12.2 Å². The lowest BCUT2D eigenvalue weighted by molar-refractivity contribution is 0.0696. The number of carboxylic acids is 1. The minimum Gasteiger partial charge on any atom is -0.478 e. The number of benzene rings is 1. The summed E-state index contributed by atoms with van der Waals surface area (Å²) >= 11 is 1.40. The maximum atomic E-state index is 13.3. The highest BCUT2D eigenvalue weighted by Crippen LogP contribution is 2.16. The molecule has 3 nitrogen and oxygen atoms in total. The van der Waals surface area contributed by atoms with Gasteiger partial charge in [0.2, 0.25) is 0 Å². The molecule has 0 aliphatic rings. The molecule has 0 atom stereocenters. The molecule has 15 heavy (non-hydrogen) atoms. The summed E-state index contributed by atoms with van der Waals surface area (Å²) in [7, 11) is 0. The number of thioether (sulfide) groups is 1. The molecular formula is C10H11FO3S. The summed E-state index contributed by atoms with van der Waals surface area (Å²) in [4.78, 5) is 10.5. The second-order valence-electron chi connectivity index (χ2n) is 2.89. The van der Waals surface area contributed by atoms with Crippen molar-refractivity contribution in [3.8, 4) is 0 Å². The van der Waals surface area contributed by atoms with Crippen molar-refractivity contribution in [3.63, 3.8) is 0 Å². The minimum atomic E-state index is -1.14. The molecular weight excluding hydrogens is 219 g/mol. The number of aliphatic hydroxyl groups excluding tert-OH is 1. The molecule has 0 radical (unpaired) electrons. The van der Waals surface area contributed by atoms with E-state index >= 15 is 0 Å². The molecule has 0 heterocycles. The van der Waals surface area contributed by atoms with Gasteiger partial charge in [-0.2, -0.15) is 11.8 Å². The van der Waals surface area contributed by atoms with Crippen LogP contribution >= 0.6 is 11.8 Å². The highest BCUT2D eigenvalue weighted by molar-refractivity contribution is 7.98. The van der Waals surface area contributed by atoms with Crippen LogP contribution in [0.3, 0.4) is 0 Å². The van der Waals surface area contributed by atoms with E-state index in [1.54, 1.807) is 0 Å². The Hall–Kier alpha value is -1.07. The molecule has 0 aromatic heterocycles. The van der Waals surface area contributed by atoms with Crippen LogP contribution in [0.1, 0.15) is 15.9 Å². The number of hydrogen-bond donors (Lipinski definition) is 2. The minimum absolute atomic E-state index is 0.0524. The average Bonchev–Trinajstić information content (AvgIpc) is 2.20. The Morgan fingerprint density at radius 1 is 1.47 bits per heavy atom. The van der Waals surface area contributed by atoms with Crippen LogP contribution in [0, 0.1) is 5.82 Å². The second kappa shape index (κ2) is 5.72. The Kier molecular flexibility index (Phi) is 4.58. The number of rotatable bonds is 5. The van der Waals surface area contributed by atoms with E-state index in [9.17, 15) is 9.18 Å². The molecule has 82 valence electrons. The molecule has 0 fully saturated rings. The molecule has 0 unspecified atom stereocenters. The maximum absolute atomic E-state index is 13.3. The molecule has 0 spiro atoms. The highest BCUT2D eigenvalue weighted by atomic mass is 32.2. The van der Waals surface area contributed by atoms with E-state index in [2.05, 4.69) is 0 Å². The fraction of sp³-hybridized carbons (Fsp3) is 0.300. The number of aromatic carboxylic acids is 1. The summed E-state index contributed by atoms with van der Waals surface area (Å²) in [5, 5.41) is 17.1. The van der Waals surface area contributed by atoms with Gasteiger partial charge in [-0.05, 0) is 17.7 Å². The SMILES string of the molecule is O=C(O)c1ccc(CSCCO)c(F)c1. The van der Waals surface area contributed by atoms with Gasteiger partial charge in [-0.3, -0.25) is 0 Å². The van der Waals surface area contributed by atoms with Crippen LogP contribution in [0.25, 0.3) is 0 Å². The molecule has 0 saturated carbocycles. The van der Waals surface area contributed by atoms with Gasteiger partial charge in [-0.15, -0.1) is 0 Å². The zero-order valence-corrected chi connectivity index (χ0v) is 8.76. The Balaban J connectivity index is 2.70. The highest BCUT2D eigenvalue weighted by Gasteiger charge is 2.07. The van der Waals surface area contributed by atoms with Crippen molar-refractivity contribution in [2.75, 3.05) is 12.4 Å². The predicted molar refractivity (Wildman–Crippen MR) is 56.6 cm³/mol. The van der Waals surface area contributed by atoms with Gasteiger partial charge in [0, 0.05) is 11.5 Å². The summed E-state index contributed by atoms with van der Waals surface area (Å²) in [6.07, 6.45) is 0. The zero-order valence-electron chi connectivity index (χ0n) is 7.94. The van der Waals surface area contributed by atoms with Crippen LogP contribution in [0.4, 0.5) is 4.39 Å². The number of hydrogen-bond acceptors (Lipinski definition) is 3. The Morgan fingerprint density at radius 2 is 2.20 bits per heavy atom. The normalized spacial score (nSPS) is 10.3. The maximum Gasteiger partial charge on any atom is 0.335 e. The van der Waals surface area contributed by atoms with Gasteiger partial charge in [-0.1, -0.05) is 6.07 Å². The third kappa shape index (κ3) is 3.53. The monoisotopic (exact) mass is 230 g/mol. The molecule has 1 rings (SSSR count). The first-order chi connectivity index (χ1) is 7.15. The third-order valence-electron chi connectivity index (χ3n) is 1.79. The summed E-state index contributed by atoms with van der Waals surface area (Å²) < 4.78 is 13.3. The van der Waals surface area contributed by atoms with Gasteiger partial charge in [0.15, 0.2) is 0 Å². The number of carbonyl (C=O) groups is 1. The molecule has 5 heteroatoms. The molecule has 2 N–H and O–H groups in total. The standard InChI is InChI=1S/C10H11FO3S/c11-9-5-7(10(13)14)1-2-8(9)6-15-4-3-12/h1-2,5,12H,3-4,6H2,(H,13,14). The van der Waals surface area contributed by atoms with Crippen molar-refractivity contribution < 1.29 is 19.4 Å². The van der Waals surface area contributed by atoms with Crippen LogP contribution in [0.15, 0.2) is 18.2 Å². The smallest absolute Gasteiger partial charge is 0.335 e. The zero-order chi connectivity index (χ0) is 11.3. The molecule has 0 aliphatic heterocycles. The van der Waals surface area contributed by atoms with E-state index in [1.807, 2.05) is 0 Å². The molecule has 0 amide bonds. The molecule has 0 saturated heterocycles. The fourth-order valence-electron chi connectivity index (χ4n) is 1.04. The first-order valence-electron chi connectivity index (χ1n) is 4.35. The lowest BCUT2D eigenvalue weighted by Crippen LogP contribution is -1.99. The van der Waals surface area contributed by atoms with Crippen LogP contribution in [-0.4, -0.2) is 28.5 Å². The lowest BCUT2D eigenvalue weighted by Gasteiger charge is -2.03. The first kappa shape index (κ1) is 12.0. The van der Waals surface area contributed by atoms with E-state index in [4.69, 9.17) is 10.2 Å². The third-order valence-corrected chi connectivity index (χ3v) is 2.78. The molecule has 0 aliphatic carbocycles. The Labute approximate surface area is 90.9 Å². The Morgan fingerprint density at radius 3 is 2.73 bits per heavy atom. The average molecular weight is 230 g/mol. The van der Waals surface area contributed by atoms with Crippen molar-refractivity contribution in [1.29, 1.82) is 0 Å². The van der Waals surface area contributed by atoms with Crippen molar-refractivity contribution in [2.45, 2.75) is 5.75 Å². The van der Waals surface area contributed by atoms with Gasteiger partial charge < -0.3 is 10.2 Å². The summed E-state index contributed by atoms with van der Waals surface area (Å²) in [6, 6.07) is 3.85. The van der Waals surface area contributed by atoms with E-state index in [0.29, 0.717) is 17.1 Å². The van der Waals surface area contributed by atoms with Crippen LogP contribution in [0.5, 0.6) is 0 Å². The largest absolute Gasteiger partial charge is 0.478 e. The molecule has 0 bridgehead atoms. The quantitative estimate of drug-likeness (QED) is 0.757. The molecule has 1 aromatic carbocycles. The number of carboxylic acid groups (broad SMARTS) is 1. The van der Waals surface area contributed by atoms with Crippen molar-refractivity contribution in [2.24, 2.45) is 0 Å². The van der Waals surface area contributed by atoms with Crippen LogP contribution in [0.2, 0.25) is 0 Å². The summed E-state index contributed by atoms with van der Waals surface area (Å²) in [6.45, 7) is 0.0551. The van der Waals surface area contributed by atoms with Gasteiger partial charge in [-0.25, -0.2) is 9.18 Å². The van der Waals surface area contributed by atoms with E-state index in [0.717, 1.165) is 6.07 Å². The predicted octanol–water partition coefficient (Wildman–Crippen LogP) is 1.75. The topological polar surface area (TPSA) is 57.5 Å². The second-order valence-corrected chi connectivity index (χ2v) is 3.99. The van der Waals surface area contributed by atoms with Crippen molar-refractivity contribution in [1.82, 2.24) is 0 Å².